The van der Waals surface area contributed by atoms with E-state index in [-0.39, 0.29) is 5.78 Å². The van der Waals surface area contributed by atoms with Crippen LogP contribution in [0.1, 0.15) is 12.5 Å². The number of pyridine rings is 1. The lowest BCUT2D eigenvalue weighted by Gasteiger charge is -2.00. The van der Waals surface area contributed by atoms with Gasteiger partial charge >= 0.3 is 0 Å². The van der Waals surface area contributed by atoms with Crippen molar-refractivity contribution in [2.75, 3.05) is 5.75 Å². The van der Waals surface area contributed by atoms with Crippen LogP contribution in [0, 0.1) is 6.92 Å². The van der Waals surface area contributed by atoms with Gasteiger partial charge in [-0.2, -0.15) is 0 Å². The zero-order valence-corrected chi connectivity index (χ0v) is 8.02. The Morgan fingerprint density at radius 1 is 1.67 bits per heavy atom. The second-order valence-electron chi connectivity index (χ2n) is 2.62. The standard InChI is InChI=1S/C9H11NOS/c1-7-4-3-5-10-9(7)12-6-8(2)11/h3-5H,6H2,1-2H3. The zero-order valence-electron chi connectivity index (χ0n) is 7.20. The van der Waals surface area contributed by atoms with Crippen LogP contribution in [0.3, 0.4) is 0 Å². The molecule has 0 atom stereocenters. The predicted octanol–water partition coefficient (Wildman–Crippen LogP) is 2.07. The quantitative estimate of drug-likeness (QED) is 0.669. The Hall–Kier alpha value is -0.830. The van der Waals surface area contributed by atoms with E-state index < -0.39 is 0 Å². The predicted molar refractivity (Wildman–Crippen MR) is 50.4 cm³/mol. The Bertz CT molecular complexity index is 286. The third-order valence-electron chi connectivity index (χ3n) is 1.37. The van der Waals surface area contributed by atoms with Gasteiger partial charge < -0.3 is 0 Å². The second-order valence-corrected chi connectivity index (χ2v) is 3.58. The minimum absolute atomic E-state index is 0.185. The zero-order chi connectivity index (χ0) is 8.97. The molecular formula is C9H11NOS. The molecule has 1 heterocycles. The molecule has 0 aliphatic heterocycles. The molecule has 12 heavy (non-hydrogen) atoms. The molecule has 0 spiro atoms. The topological polar surface area (TPSA) is 30.0 Å². The first-order valence-corrected chi connectivity index (χ1v) is 4.72. The molecule has 0 fully saturated rings. The van der Waals surface area contributed by atoms with Crippen molar-refractivity contribution in [1.82, 2.24) is 4.98 Å². The maximum atomic E-state index is 10.7. The van der Waals surface area contributed by atoms with Crippen molar-refractivity contribution < 1.29 is 4.79 Å². The number of nitrogens with zero attached hydrogens (tertiary/aromatic N) is 1. The Labute approximate surface area is 76.4 Å². The fourth-order valence-electron chi connectivity index (χ4n) is 0.792. The molecule has 2 nitrogen and oxygen atoms in total. The maximum absolute atomic E-state index is 10.7. The third kappa shape index (κ3) is 2.66. The van der Waals surface area contributed by atoms with Gasteiger partial charge in [-0.1, -0.05) is 17.8 Å². The number of ketones is 1. The Kier molecular flexibility index (Phi) is 3.29. The van der Waals surface area contributed by atoms with Crippen LogP contribution in [0.25, 0.3) is 0 Å². The van der Waals surface area contributed by atoms with Gasteiger partial charge in [0.25, 0.3) is 0 Å². The summed E-state index contributed by atoms with van der Waals surface area (Å²) in [7, 11) is 0. The summed E-state index contributed by atoms with van der Waals surface area (Å²) < 4.78 is 0. The van der Waals surface area contributed by atoms with Crippen LogP contribution < -0.4 is 0 Å². The fourth-order valence-corrected chi connectivity index (χ4v) is 1.56. The minimum atomic E-state index is 0.185. The number of aromatic nitrogens is 1. The first kappa shape index (κ1) is 9.26. The molecule has 1 aromatic heterocycles. The summed E-state index contributed by atoms with van der Waals surface area (Å²) >= 11 is 1.49. The molecule has 0 aliphatic carbocycles. The number of carbonyl (C=O) groups excluding carboxylic acids is 1. The summed E-state index contributed by atoms with van der Waals surface area (Å²) in [5.41, 5.74) is 1.13. The van der Waals surface area contributed by atoms with Crippen molar-refractivity contribution in [2.24, 2.45) is 0 Å². The number of rotatable bonds is 3. The number of Topliss-reactive ketones (excluding diaryl/α,β-unsaturated/α-hetero) is 1. The third-order valence-corrected chi connectivity index (χ3v) is 2.63. The van der Waals surface area contributed by atoms with Crippen LogP contribution in [0.15, 0.2) is 23.4 Å². The Morgan fingerprint density at radius 2 is 2.42 bits per heavy atom. The van der Waals surface area contributed by atoms with E-state index in [1.807, 2.05) is 19.1 Å². The average Bonchev–Trinajstić information content (AvgIpc) is 2.03. The molecule has 0 aliphatic rings. The van der Waals surface area contributed by atoms with Gasteiger partial charge in [0.2, 0.25) is 0 Å². The summed E-state index contributed by atoms with van der Waals surface area (Å²) in [6.45, 7) is 3.58. The number of thioether (sulfide) groups is 1. The van der Waals surface area contributed by atoms with E-state index in [2.05, 4.69) is 4.98 Å². The van der Waals surface area contributed by atoms with Crippen molar-refractivity contribution in [1.29, 1.82) is 0 Å². The van der Waals surface area contributed by atoms with Gasteiger partial charge in [-0.3, -0.25) is 4.79 Å². The van der Waals surface area contributed by atoms with Gasteiger partial charge in [-0.15, -0.1) is 0 Å². The monoisotopic (exact) mass is 181 g/mol. The highest BCUT2D eigenvalue weighted by molar-refractivity contribution is 7.99. The molecule has 0 saturated carbocycles. The van der Waals surface area contributed by atoms with E-state index in [0.717, 1.165) is 10.6 Å². The highest BCUT2D eigenvalue weighted by Crippen LogP contribution is 2.18. The minimum Gasteiger partial charge on any atom is -0.299 e. The highest BCUT2D eigenvalue weighted by Gasteiger charge is 2.00. The van der Waals surface area contributed by atoms with Crippen LogP contribution in [-0.2, 0) is 4.79 Å². The molecule has 0 amide bonds. The lowest BCUT2D eigenvalue weighted by molar-refractivity contribution is -0.114. The first-order chi connectivity index (χ1) is 5.70. The second kappa shape index (κ2) is 4.26. The molecule has 1 rings (SSSR count). The molecular weight excluding hydrogens is 170 g/mol. The SMILES string of the molecule is CC(=O)CSc1ncccc1C. The fraction of sp³-hybridized carbons (Fsp3) is 0.333. The summed E-state index contributed by atoms with van der Waals surface area (Å²) in [4.78, 5) is 14.8. The number of aryl methyl sites for hydroxylation is 1. The van der Waals surface area contributed by atoms with Crippen molar-refractivity contribution in [3.05, 3.63) is 23.9 Å². The molecule has 64 valence electrons. The summed E-state index contributed by atoms with van der Waals surface area (Å²) in [5.74, 6) is 0.697. The van der Waals surface area contributed by atoms with E-state index in [9.17, 15) is 4.79 Å². The maximum Gasteiger partial charge on any atom is 0.140 e. The first-order valence-electron chi connectivity index (χ1n) is 3.74. The lowest BCUT2D eigenvalue weighted by Crippen LogP contribution is -1.94. The van der Waals surface area contributed by atoms with Gasteiger partial charge in [0, 0.05) is 6.20 Å². The van der Waals surface area contributed by atoms with Gasteiger partial charge in [-0.25, -0.2) is 4.98 Å². The van der Waals surface area contributed by atoms with Gasteiger partial charge in [0.15, 0.2) is 0 Å². The number of hydrogen-bond donors (Lipinski definition) is 0. The van der Waals surface area contributed by atoms with E-state index >= 15 is 0 Å². The van der Waals surface area contributed by atoms with Crippen molar-refractivity contribution >= 4 is 17.5 Å². The van der Waals surface area contributed by atoms with Crippen LogP contribution in [0.5, 0.6) is 0 Å². The summed E-state index contributed by atoms with van der Waals surface area (Å²) in [5, 5.41) is 0.952. The van der Waals surface area contributed by atoms with Gasteiger partial charge in [0.1, 0.15) is 5.78 Å². The average molecular weight is 181 g/mol. The highest BCUT2D eigenvalue weighted by atomic mass is 32.2. The van der Waals surface area contributed by atoms with Crippen LogP contribution in [0.2, 0.25) is 0 Å². The molecule has 0 radical (unpaired) electrons. The van der Waals surface area contributed by atoms with Crippen LogP contribution >= 0.6 is 11.8 Å². The summed E-state index contributed by atoms with van der Waals surface area (Å²) in [6.07, 6.45) is 1.75. The normalized spacial score (nSPS) is 9.83. The molecule has 0 aromatic carbocycles. The molecule has 1 aromatic rings. The largest absolute Gasteiger partial charge is 0.299 e. The van der Waals surface area contributed by atoms with Crippen molar-refractivity contribution in [3.63, 3.8) is 0 Å². The van der Waals surface area contributed by atoms with Gasteiger partial charge in [-0.05, 0) is 25.5 Å². The Morgan fingerprint density at radius 3 is 3.00 bits per heavy atom. The van der Waals surface area contributed by atoms with E-state index in [4.69, 9.17) is 0 Å². The van der Waals surface area contributed by atoms with Crippen molar-refractivity contribution in [3.8, 4) is 0 Å². The van der Waals surface area contributed by atoms with Crippen molar-refractivity contribution in [2.45, 2.75) is 18.9 Å². The molecule has 0 unspecified atom stereocenters. The van der Waals surface area contributed by atoms with E-state index in [1.54, 1.807) is 13.1 Å². The van der Waals surface area contributed by atoms with E-state index in [1.165, 1.54) is 11.8 Å². The Balaban J connectivity index is 2.63. The number of carbonyl (C=O) groups is 1. The molecule has 0 N–H and O–H groups in total. The van der Waals surface area contributed by atoms with Gasteiger partial charge in [0.05, 0.1) is 10.8 Å². The van der Waals surface area contributed by atoms with E-state index in [0.29, 0.717) is 5.75 Å². The lowest BCUT2D eigenvalue weighted by atomic mass is 10.3. The molecule has 0 saturated heterocycles. The van der Waals surface area contributed by atoms with Crippen LogP contribution in [-0.4, -0.2) is 16.5 Å². The molecule has 3 heteroatoms. The smallest absolute Gasteiger partial charge is 0.140 e. The van der Waals surface area contributed by atoms with Crippen LogP contribution in [0.4, 0.5) is 0 Å². The summed E-state index contributed by atoms with van der Waals surface area (Å²) in [6, 6.07) is 3.89. The molecule has 0 bridgehead atoms. The number of hydrogen-bond acceptors (Lipinski definition) is 3.